The van der Waals surface area contributed by atoms with Crippen LogP contribution in [-0.4, -0.2) is 29.2 Å². The Morgan fingerprint density at radius 2 is 2.00 bits per heavy atom. The number of aliphatic carboxylic acids is 1. The van der Waals surface area contributed by atoms with E-state index < -0.39 is 13.6 Å². The second-order valence-corrected chi connectivity index (χ2v) is 4.70. The Hall–Kier alpha value is -0.380. The van der Waals surface area contributed by atoms with E-state index in [0.717, 1.165) is 6.66 Å². The number of hydrogen-bond acceptors (Lipinski definition) is 3. The molecule has 2 N–H and O–H groups in total. The van der Waals surface area contributed by atoms with E-state index in [-0.39, 0.29) is 13.0 Å². The summed E-state index contributed by atoms with van der Waals surface area (Å²) in [7, 11) is -3.35. The van der Waals surface area contributed by atoms with Gasteiger partial charge < -0.3 is 14.5 Å². The first kappa shape index (κ1) is 12.6. The molecule has 0 aromatic heterocycles. The van der Waals surface area contributed by atoms with Gasteiger partial charge in [0, 0.05) is 13.1 Å². The lowest BCUT2D eigenvalue weighted by Gasteiger charge is -2.05. The van der Waals surface area contributed by atoms with Crippen molar-refractivity contribution in [3.05, 3.63) is 0 Å². The fourth-order valence-corrected chi connectivity index (χ4v) is 1.26. The van der Waals surface area contributed by atoms with E-state index in [1.165, 1.54) is 0 Å². The summed E-state index contributed by atoms with van der Waals surface area (Å²) in [6, 6.07) is 0. The smallest absolute Gasteiger partial charge is 0.325 e. The van der Waals surface area contributed by atoms with Gasteiger partial charge in [-0.15, -0.1) is 0 Å². The minimum Gasteiger partial charge on any atom is -0.481 e. The molecule has 0 rings (SSSR count). The maximum Gasteiger partial charge on any atom is 0.325 e. The molecular formula is C7H15O5P. The Balaban J connectivity index is 3.18. The van der Waals surface area contributed by atoms with Gasteiger partial charge in [0.25, 0.3) is 0 Å². The molecule has 6 heteroatoms. The largest absolute Gasteiger partial charge is 0.481 e. The molecule has 0 aromatic rings. The van der Waals surface area contributed by atoms with Gasteiger partial charge in [-0.3, -0.25) is 9.36 Å². The first-order valence-corrected chi connectivity index (χ1v) is 6.11. The standard InChI is InChI=1S/C7H15O5P/c1-13(10,11)12-6-4-2-3-5-7(8)9/h2-6H2,1H3,(H,8,9)(H,10,11). The summed E-state index contributed by atoms with van der Waals surface area (Å²) in [5, 5.41) is 8.28. The number of unbranched alkanes of at least 4 members (excludes halogenated alkanes) is 2. The van der Waals surface area contributed by atoms with Gasteiger partial charge in [0.2, 0.25) is 0 Å². The molecule has 0 saturated heterocycles. The Morgan fingerprint density at radius 1 is 1.38 bits per heavy atom. The predicted molar refractivity (Wildman–Crippen MR) is 47.8 cm³/mol. The van der Waals surface area contributed by atoms with Crippen molar-refractivity contribution < 1.29 is 23.9 Å². The topological polar surface area (TPSA) is 83.8 Å². The normalized spacial score (nSPS) is 15.2. The van der Waals surface area contributed by atoms with E-state index in [9.17, 15) is 9.36 Å². The maximum atomic E-state index is 10.6. The molecule has 78 valence electrons. The molecular weight excluding hydrogens is 195 g/mol. The third-order valence-corrected chi connectivity index (χ3v) is 2.03. The molecule has 0 aliphatic rings. The lowest BCUT2D eigenvalue weighted by molar-refractivity contribution is -0.137. The highest BCUT2D eigenvalue weighted by Gasteiger charge is 2.08. The van der Waals surface area contributed by atoms with Crippen molar-refractivity contribution in [2.24, 2.45) is 0 Å². The SMILES string of the molecule is CP(=O)(O)OCCCCCC(=O)O. The molecule has 0 bridgehead atoms. The van der Waals surface area contributed by atoms with E-state index in [1.54, 1.807) is 0 Å². The third-order valence-electron chi connectivity index (χ3n) is 1.37. The summed E-state index contributed by atoms with van der Waals surface area (Å²) in [6.07, 6.45) is 2.04. The quantitative estimate of drug-likeness (QED) is 0.491. The van der Waals surface area contributed by atoms with E-state index in [1.807, 2.05) is 0 Å². The first-order chi connectivity index (χ1) is 5.92. The van der Waals surface area contributed by atoms with Gasteiger partial charge in [-0.1, -0.05) is 6.42 Å². The van der Waals surface area contributed by atoms with Gasteiger partial charge in [0.05, 0.1) is 6.61 Å². The summed E-state index contributed by atoms with van der Waals surface area (Å²) < 4.78 is 15.2. The lowest BCUT2D eigenvalue weighted by Crippen LogP contribution is -1.96. The molecule has 0 amide bonds. The van der Waals surface area contributed by atoms with E-state index in [4.69, 9.17) is 10.00 Å². The van der Waals surface area contributed by atoms with E-state index in [2.05, 4.69) is 4.52 Å². The summed E-state index contributed by atoms with van der Waals surface area (Å²) in [4.78, 5) is 18.8. The second-order valence-electron chi connectivity index (χ2n) is 2.84. The minimum atomic E-state index is -3.35. The summed E-state index contributed by atoms with van der Waals surface area (Å²) >= 11 is 0. The number of rotatable bonds is 7. The zero-order valence-electron chi connectivity index (χ0n) is 7.60. The molecule has 0 saturated carbocycles. The van der Waals surface area contributed by atoms with Crippen LogP contribution in [0.1, 0.15) is 25.7 Å². The van der Waals surface area contributed by atoms with Crippen LogP contribution in [0.3, 0.4) is 0 Å². The van der Waals surface area contributed by atoms with Crippen molar-refractivity contribution in [3.8, 4) is 0 Å². The molecule has 0 fully saturated rings. The molecule has 0 aromatic carbocycles. The lowest BCUT2D eigenvalue weighted by atomic mass is 10.2. The average Bonchev–Trinajstić information content (AvgIpc) is 1.93. The van der Waals surface area contributed by atoms with Gasteiger partial charge in [0.15, 0.2) is 0 Å². The van der Waals surface area contributed by atoms with Gasteiger partial charge in [0.1, 0.15) is 0 Å². The van der Waals surface area contributed by atoms with E-state index in [0.29, 0.717) is 19.3 Å². The van der Waals surface area contributed by atoms with Crippen molar-refractivity contribution in [3.63, 3.8) is 0 Å². The van der Waals surface area contributed by atoms with Crippen LogP contribution in [0, 0.1) is 0 Å². The molecule has 0 aliphatic carbocycles. The number of carboxylic acids is 1. The first-order valence-electron chi connectivity index (χ1n) is 4.08. The van der Waals surface area contributed by atoms with Crippen LogP contribution in [0.2, 0.25) is 0 Å². The molecule has 0 spiro atoms. The van der Waals surface area contributed by atoms with Crippen LogP contribution in [-0.2, 0) is 13.9 Å². The van der Waals surface area contributed by atoms with Crippen molar-refractivity contribution >= 4 is 13.6 Å². The van der Waals surface area contributed by atoms with E-state index >= 15 is 0 Å². The second kappa shape index (κ2) is 6.13. The summed E-state index contributed by atoms with van der Waals surface area (Å²) in [5.74, 6) is -0.816. The monoisotopic (exact) mass is 210 g/mol. The van der Waals surface area contributed by atoms with Crippen molar-refractivity contribution in [1.29, 1.82) is 0 Å². The van der Waals surface area contributed by atoms with Gasteiger partial charge in [-0.2, -0.15) is 0 Å². The van der Waals surface area contributed by atoms with Crippen LogP contribution in [0.15, 0.2) is 0 Å². The maximum absolute atomic E-state index is 10.6. The average molecular weight is 210 g/mol. The molecule has 1 atom stereocenters. The fraction of sp³-hybridized carbons (Fsp3) is 0.857. The van der Waals surface area contributed by atoms with Crippen molar-refractivity contribution in [1.82, 2.24) is 0 Å². The minimum absolute atomic E-state index is 0.142. The van der Waals surface area contributed by atoms with Crippen LogP contribution >= 0.6 is 7.60 Å². The molecule has 13 heavy (non-hydrogen) atoms. The Bertz CT molecular complexity index is 197. The molecule has 0 heterocycles. The molecule has 0 radical (unpaired) electrons. The molecule has 0 aliphatic heterocycles. The zero-order chi connectivity index (χ0) is 10.3. The Kier molecular flexibility index (Phi) is 5.95. The third kappa shape index (κ3) is 11.6. The van der Waals surface area contributed by atoms with Crippen molar-refractivity contribution in [2.75, 3.05) is 13.3 Å². The molecule has 1 unspecified atom stereocenters. The number of hydrogen-bond donors (Lipinski definition) is 2. The highest BCUT2D eigenvalue weighted by Crippen LogP contribution is 2.36. The number of carbonyl (C=O) groups is 1. The fourth-order valence-electron chi connectivity index (χ4n) is 0.789. The van der Waals surface area contributed by atoms with Gasteiger partial charge in [-0.25, -0.2) is 0 Å². The predicted octanol–water partition coefficient (Wildman–Crippen LogP) is 1.46. The summed E-state index contributed by atoms with van der Waals surface area (Å²) in [6.45, 7) is 1.34. The highest BCUT2D eigenvalue weighted by atomic mass is 31.2. The zero-order valence-corrected chi connectivity index (χ0v) is 8.50. The Morgan fingerprint density at radius 3 is 2.46 bits per heavy atom. The molecule has 5 nitrogen and oxygen atoms in total. The summed E-state index contributed by atoms with van der Waals surface area (Å²) in [5.41, 5.74) is 0. The number of carboxylic acid groups (broad SMARTS) is 1. The van der Waals surface area contributed by atoms with Crippen LogP contribution < -0.4 is 0 Å². The van der Waals surface area contributed by atoms with Gasteiger partial charge in [-0.05, 0) is 12.8 Å². The van der Waals surface area contributed by atoms with Crippen molar-refractivity contribution in [2.45, 2.75) is 25.7 Å². The van der Waals surface area contributed by atoms with Crippen LogP contribution in [0.4, 0.5) is 0 Å². The van der Waals surface area contributed by atoms with Gasteiger partial charge >= 0.3 is 13.6 Å². The highest BCUT2D eigenvalue weighted by molar-refractivity contribution is 7.51. The van der Waals surface area contributed by atoms with Crippen LogP contribution in [0.25, 0.3) is 0 Å². The Labute approximate surface area is 77.3 Å². The van der Waals surface area contributed by atoms with Crippen LogP contribution in [0.5, 0.6) is 0 Å².